The molecule has 0 radical (unpaired) electrons. The van der Waals surface area contributed by atoms with Gasteiger partial charge in [-0.15, -0.1) is 0 Å². The lowest BCUT2D eigenvalue weighted by Crippen LogP contribution is -2.16. The maximum atomic E-state index is 12.8. The molecule has 154 valence electrons. The number of carbonyl (C=O) groups excluding carboxylic acids is 1. The van der Waals surface area contributed by atoms with Crippen LogP contribution in [0, 0.1) is 6.92 Å². The molecule has 0 atom stereocenters. The Kier molecular flexibility index (Phi) is 4.07. The van der Waals surface area contributed by atoms with Gasteiger partial charge in [0.15, 0.2) is 17.2 Å². The fourth-order valence-corrected chi connectivity index (χ4v) is 3.61. The summed E-state index contributed by atoms with van der Waals surface area (Å²) in [6, 6.07) is 12.5. The van der Waals surface area contributed by atoms with Crippen molar-refractivity contribution in [3.8, 4) is 22.8 Å². The Labute approximate surface area is 174 Å². The highest BCUT2D eigenvalue weighted by molar-refractivity contribution is 6.02. The topological polar surface area (TPSA) is 145 Å². The predicted molar refractivity (Wildman–Crippen MR) is 114 cm³/mol. The number of aromatic nitrogens is 6. The summed E-state index contributed by atoms with van der Waals surface area (Å²) in [4.78, 5) is 44.1. The quantitative estimate of drug-likeness (QED) is 0.410. The van der Waals surface area contributed by atoms with Gasteiger partial charge in [-0.3, -0.25) is 4.79 Å². The van der Waals surface area contributed by atoms with E-state index in [-0.39, 0.29) is 22.7 Å². The van der Waals surface area contributed by atoms with Crippen molar-refractivity contribution in [1.82, 2.24) is 29.5 Å². The van der Waals surface area contributed by atoms with E-state index in [9.17, 15) is 9.59 Å². The minimum atomic E-state index is -0.777. The Bertz CT molecular complexity index is 1540. The van der Waals surface area contributed by atoms with Crippen LogP contribution in [0.2, 0.25) is 0 Å². The van der Waals surface area contributed by atoms with Crippen LogP contribution in [-0.2, 0) is 0 Å². The minimum absolute atomic E-state index is 0.0772. The highest BCUT2D eigenvalue weighted by Gasteiger charge is 2.21. The molecule has 31 heavy (non-hydrogen) atoms. The van der Waals surface area contributed by atoms with Crippen LogP contribution in [0.5, 0.6) is 5.75 Å². The van der Waals surface area contributed by atoms with Crippen molar-refractivity contribution in [1.29, 1.82) is 0 Å². The van der Waals surface area contributed by atoms with Gasteiger partial charge in [-0.2, -0.15) is 0 Å². The van der Waals surface area contributed by atoms with E-state index in [0.717, 1.165) is 16.9 Å². The second-order valence-corrected chi connectivity index (χ2v) is 6.95. The second-order valence-electron chi connectivity index (χ2n) is 6.95. The first kappa shape index (κ1) is 18.6. The average molecular weight is 415 g/mol. The van der Waals surface area contributed by atoms with Crippen molar-refractivity contribution in [2.75, 3.05) is 7.11 Å². The first-order chi connectivity index (χ1) is 15.0. The van der Waals surface area contributed by atoms with Crippen LogP contribution in [0.15, 0.2) is 47.3 Å². The molecule has 3 heterocycles. The zero-order valence-electron chi connectivity index (χ0n) is 16.6. The van der Waals surface area contributed by atoms with Crippen molar-refractivity contribution >= 4 is 28.1 Å². The van der Waals surface area contributed by atoms with E-state index in [1.165, 1.54) is 11.7 Å². The zero-order chi connectivity index (χ0) is 21.7. The van der Waals surface area contributed by atoms with Crippen LogP contribution < -0.4 is 16.2 Å². The molecule has 10 heteroatoms. The summed E-state index contributed by atoms with van der Waals surface area (Å²) in [7, 11) is 1.51. The van der Waals surface area contributed by atoms with Gasteiger partial charge in [0.25, 0.3) is 5.91 Å². The minimum Gasteiger partial charge on any atom is -0.495 e. The molecular formula is C21H17N7O3. The van der Waals surface area contributed by atoms with Crippen LogP contribution in [-0.4, -0.2) is 42.5 Å². The smallest absolute Gasteiger partial charge is 0.332 e. The van der Waals surface area contributed by atoms with Crippen molar-refractivity contribution in [2.24, 2.45) is 5.73 Å². The fourth-order valence-electron chi connectivity index (χ4n) is 3.61. The summed E-state index contributed by atoms with van der Waals surface area (Å²) in [5.41, 5.74) is 8.09. The molecule has 3 aromatic heterocycles. The lowest BCUT2D eigenvalue weighted by Gasteiger charge is -2.10. The van der Waals surface area contributed by atoms with Gasteiger partial charge in [-0.25, -0.2) is 24.3 Å². The molecule has 0 spiro atoms. The maximum Gasteiger partial charge on any atom is 0.332 e. The number of nitrogens with one attached hydrogen (secondary N) is 2. The van der Waals surface area contributed by atoms with E-state index in [0.29, 0.717) is 17.0 Å². The molecule has 1 amide bonds. The molecule has 0 aliphatic carbocycles. The van der Waals surface area contributed by atoms with E-state index in [4.69, 9.17) is 10.5 Å². The number of ether oxygens (including phenoxy) is 1. The largest absolute Gasteiger partial charge is 0.495 e. The van der Waals surface area contributed by atoms with E-state index >= 15 is 0 Å². The number of primary amides is 1. The molecule has 0 aliphatic rings. The first-order valence-electron chi connectivity index (χ1n) is 9.39. The number of nitrogens with two attached hydrogens (primary N) is 1. The molecule has 0 saturated carbocycles. The van der Waals surface area contributed by atoms with E-state index in [1.807, 2.05) is 19.1 Å². The number of hydrogen-bond donors (Lipinski definition) is 3. The summed E-state index contributed by atoms with van der Waals surface area (Å²) in [5.74, 6) is 0.719. The Morgan fingerprint density at radius 2 is 1.90 bits per heavy atom. The number of rotatable bonds is 4. The van der Waals surface area contributed by atoms with E-state index in [1.54, 1.807) is 30.3 Å². The summed E-state index contributed by atoms with van der Waals surface area (Å²) >= 11 is 0. The molecule has 4 N–H and O–H groups in total. The Balaban J connectivity index is 1.82. The third kappa shape index (κ3) is 2.92. The number of aryl methyl sites for hydroxylation is 1. The Hall–Kier alpha value is -4.47. The van der Waals surface area contributed by atoms with Gasteiger partial charge < -0.3 is 20.4 Å². The van der Waals surface area contributed by atoms with Crippen LogP contribution in [0.4, 0.5) is 0 Å². The number of amides is 1. The first-order valence-corrected chi connectivity index (χ1v) is 9.39. The van der Waals surface area contributed by atoms with Crippen molar-refractivity contribution in [3.05, 3.63) is 64.5 Å². The summed E-state index contributed by atoms with van der Waals surface area (Å²) in [6.07, 6.45) is 0. The number of aromatic amines is 2. The maximum absolute atomic E-state index is 12.8. The number of para-hydroxylation sites is 2. The van der Waals surface area contributed by atoms with Crippen molar-refractivity contribution in [2.45, 2.75) is 6.92 Å². The number of hydrogen-bond acceptors (Lipinski definition) is 6. The van der Waals surface area contributed by atoms with Gasteiger partial charge >= 0.3 is 5.69 Å². The number of benzene rings is 2. The van der Waals surface area contributed by atoms with Crippen LogP contribution in [0.25, 0.3) is 39.3 Å². The van der Waals surface area contributed by atoms with Crippen molar-refractivity contribution < 1.29 is 9.53 Å². The Morgan fingerprint density at radius 3 is 2.68 bits per heavy atom. The second kappa shape index (κ2) is 6.80. The highest BCUT2D eigenvalue weighted by Crippen LogP contribution is 2.27. The number of fused-ring (bicyclic) bond motifs is 2. The fraction of sp³-hybridized carbons (Fsp3) is 0.0952. The average Bonchev–Trinajstić information content (AvgIpc) is 3.29. The lowest BCUT2D eigenvalue weighted by atomic mass is 10.2. The van der Waals surface area contributed by atoms with Gasteiger partial charge in [-0.05, 0) is 37.3 Å². The summed E-state index contributed by atoms with van der Waals surface area (Å²) < 4.78 is 6.73. The van der Waals surface area contributed by atoms with Gasteiger partial charge in [-0.1, -0.05) is 12.1 Å². The summed E-state index contributed by atoms with van der Waals surface area (Å²) in [6.45, 7) is 1.86. The molecule has 5 rings (SSSR count). The van der Waals surface area contributed by atoms with Crippen LogP contribution in [0.1, 0.15) is 16.3 Å². The molecule has 0 aliphatic heterocycles. The standard InChI is InChI=1S/C21H17N7O3/c1-10-23-12-8-7-11(9-13(12)24-10)19-25-16(18(22)29)17-20(27-19)28(21(30)26-17)14-5-3-4-6-15(14)31-2/h3-9H,1-2H3,(H2,22,29)(H,23,24)(H,26,30). The van der Waals surface area contributed by atoms with Gasteiger partial charge in [0, 0.05) is 5.56 Å². The van der Waals surface area contributed by atoms with Gasteiger partial charge in [0.2, 0.25) is 0 Å². The summed E-state index contributed by atoms with van der Waals surface area (Å²) in [5, 5.41) is 0. The molecule has 0 fully saturated rings. The van der Waals surface area contributed by atoms with Crippen LogP contribution >= 0.6 is 0 Å². The SMILES string of the molecule is COc1ccccc1-n1c(=O)[nH]c2c(C(N)=O)nc(-c3ccc4nc(C)[nH]c4c3)nc21. The van der Waals surface area contributed by atoms with E-state index in [2.05, 4.69) is 24.9 Å². The zero-order valence-corrected chi connectivity index (χ0v) is 16.6. The molecule has 0 saturated heterocycles. The van der Waals surface area contributed by atoms with E-state index < -0.39 is 11.6 Å². The lowest BCUT2D eigenvalue weighted by molar-refractivity contribution is 0.0997. The monoisotopic (exact) mass is 415 g/mol. The van der Waals surface area contributed by atoms with Gasteiger partial charge in [0.1, 0.15) is 17.1 Å². The normalized spacial score (nSPS) is 11.3. The molecule has 0 unspecified atom stereocenters. The molecular weight excluding hydrogens is 398 g/mol. The number of nitrogens with zero attached hydrogens (tertiary/aromatic N) is 4. The van der Waals surface area contributed by atoms with Crippen LogP contribution in [0.3, 0.4) is 0 Å². The molecule has 10 nitrogen and oxygen atoms in total. The molecule has 5 aromatic rings. The van der Waals surface area contributed by atoms with Crippen molar-refractivity contribution in [3.63, 3.8) is 0 Å². The number of methoxy groups -OCH3 is 1. The molecule has 2 aromatic carbocycles. The third-order valence-corrected chi connectivity index (χ3v) is 4.95. The van der Waals surface area contributed by atoms with Gasteiger partial charge in [0.05, 0.1) is 23.8 Å². The highest BCUT2D eigenvalue weighted by atomic mass is 16.5. The third-order valence-electron chi connectivity index (χ3n) is 4.95. The number of imidazole rings is 2. The number of carbonyl (C=O) groups is 1. The predicted octanol–water partition coefficient (Wildman–Crippen LogP) is 2.07. The Morgan fingerprint density at radius 1 is 1.10 bits per heavy atom. The number of H-pyrrole nitrogens is 2. The molecule has 0 bridgehead atoms.